The third kappa shape index (κ3) is 2.99. The Labute approximate surface area is 86.4 Å². The summed E-state index contributed by atoms with van der Waals surface area (Å²) in [7, 11) is 0. The van der Waals surface area contributed by atoms with Crippen molar-refractivity contribution in [3.63, 3.8) is 0 Å². The van der Waals surface area contributed by atoms with E-state index in [0.29, 0.717) is 6.08 Å². The third-order valence-electron chi connectivity index (χ3n) is 2.04. The number of rotatable bonds is 2. The lowest BCUT2D eigenvalue weighted by molar-refractivity contribution is -0.217. The van der Waals surface area contributed by atoms with Gasteiger partial charge in [0.2, 0.25) is 0 Å². The highest BCUT2D eigenvalue weighted by atomic mass is 19.4. The van der Waals surface area contributed by atoms with Gasteiger partial charge in [0.1, 0.15) is 12.3 Å². The molecule has 7 heteroatoms. The number of allylic oxidation sites excluding steroid dienone is 4. The normalized spacial score (nSPS) is 24.8. The van der Waals surface area contributed by atoms with Crippen LogP contribution in [0.2, 0.25) is 0 Å². The van der Waals surface area contributed by atoms with E-state index in [9.17, 15) is 30.7 Å². The van der Waals surface area contributed by atoms with E-state index in [1.54, 1.807) is 0 Å². The highest BCUT2D eigenvalue weighted by Crippen LogP contribution is 2.45. The average molecular weight is 248 g/mol. The number of hydrogen-bond acceptors (Lipinski definition) is 0. The number of alkyl halides is 7. The van der Waals surface area contributed by atoms with Gasteiger partial charge >= 0.3 is 6.18 Å². The quantitative estimate of drug-likeness (QED) is 0.649. The van der Waals surface area contributed by atoms with Crippen LogP contribution >= 0.6 is 0 Å². The van der Waals surface area contributed by atoms with E-state index >= 15 is 0 Å². The van der Waals surface area contributed by atoms with Gasteiger partial charge in [-0.2, -0.15) is 13.2 Å². The van der Waals surface area contributed by atoms with E-state index < -0.39 is 30.4 Å². The molecule has 0 spiro atoms. The molecule has 0 saturated heterocycles. The highest BCUT2D eigenvalue weighted by molar-refractivity contribution is 5.21. The van der Waals surface area contributed by atoms with Crippen LogP contribution < -0.4 is 0 Å². The van der Waals surface area contributed by atoms with Gasteiger partial charge in [0.15, 0.2) is 0 Å². The van der Waals surface area contributed by atoms with Crippen molar-refractivity contribution in [1.29, 1.82) is 0 Å². The Hall–Kier alpha value is -1.01. The molecule has 0 amide bonds. The molecule has 0 N–H and O–H groups in total. The molecule has 16 heavy (non-hydrogen) atoms. The predicted molar refractivity (Wildman–Crippen MR) is 42.3 cm³/mol. The second-order valence-corrected chi connectivity index (χ2v) is 3.45. The zero-order chi connectivity index (χ0) is 12.6. The fourth-order valence-corrected chi connectivity index (χ4v) is 1.39. The fraction of sp³-hybridized carbons (Fsp3) is 0.556. The van der Waals surface area contributed by atoms with Crippen LogP contribution in [0.5, 0.6) is 0 Å². The van der Waals surface area contributed by atoms with Crippen LogP contribution in [0, 0.1) is 5.92 Å². The Balaban J connectivity index is 2.91. The van der Waals surface area contributed by atoms with E-state index in [1.807, 2.05) is 0 Å². The van der Waals surface area contributed by atoms with Gasteiger partial charge in [0, 0.05) is 0 Å². The van der Waals surface area contributed by atoms with Crippen LogP contribution in [0.15, 0.2) is 24.3 Å². The Morgan fingerprint density at radius 2 is 1.56 bits per heavy atom. The standard InChI is InChI=1S/C9H7F7/c10-7(11)4-2-1-3-6(7)8(12,13)5-9(14,15)16/h1-4,6H,5H2. The van der Waals surface area contributed by atoms with Gasteiger partial charge in [-0.3, -0.25) is 0 Å². The fourth-order valence-electron chi connectivity index (χ4n) is 1.39. The van der Waals surface area contributed by atoms with Crippen molar-refractivity contribution >= 4 is 0 Å². The number of halogens is 7. The van der Waals surface area contributed by atoms with Crippen LogP contribution in [0.1, 0.15) is 6.42 Å². The van der Waals surface area contributed by atoms with Gasteiger partial charge in [-0.1, -0.05) is 18.2 Å². The minimum atomic E-state index is -5.19. The molecule has 0 aromatic rings. The minimum Gasteiger partial charge on any atom is -0.206 e. The van der Waals surface area contributed by atoms with Gasteiger partial charge in [-0.25, -0.2) is 17.6 Å². The first-order valence-electron chi connectivity index (χ1n) is 4.23. The van der Waals surface area contributed by atoms with Crippen LogP contribution in [0.4, 0.5) is 30.7 Å². The summed E-state index contributed by atoms with van der Waals surface area (Å²) in [6.45, 7) is 0. The van der Waals surface area contributed by atoms with Crippen LogP contribution in [0.3, 0.4) is 0 Å². The molecule has 0 heterocycles. The molecular formula is C9H7F7. The van der Waals surface area contributed by atoms with Gasteiger partial charge in [-0.15, -0.1) is 0 Å². The molecule has 0 aliphatic heterocycles. The third-order valence-corrected chi connectivity index (χ3v) is 2.04. The first kappa shape index (κ1) is 13.1. The molecule has 0 aromatic carbocycles. The van der Waals surface area contributed by atoms with Crippen LogP contribution in [-0.4, -0.2) is 18.0 Å². The second kappa shape index (κ2) is 3.78. The summed E-state index contributed by atoms with van der Waals surface area (Å²) in [6, 6.07) is 0. The van der Waals surface area contributed by atoms with E-state index in [0.717, 1.165) is 12.2 Å². The van der Waals surface area contributed by atoms with Crippen LogP contribution in [0.25, 0.3) is 0 Å². The lowest BCUT2D eigenvalue weighted by Gasteiger charge is -2.31. The Kier molecular flexibility index (Phi) is 3.08. The Bertz CT molecular complexity index is 310. The molecular weight excluding hydrogens is 241 g/mol. The maximum absolute atomic E-state index is 13.0. The lowest BCUT2D eigenvalue weighted by Crippen LogP contribution is -2.43. The molecule has 1 aliphatic rings. The van der Waals surface area contributed by atoms with E-state index in [2.05, 4.69) is 0 Å². The summed E-state index contributed by atoms with van der Waals surface area (Å²) in [6.07, 6.45) is -5.48. The van der Waals surface area contributed by atoms with Gasteiger partial charge in [0.25, 0.3) is 11.8 Å². The van der Waals surface area contributed by atoms with Crippen molar-refractivity contribution in [2.24, 2.45) is 5.92 Å². The molecule has 1 aliphatic carbocycles. The maximum Gasteiger partial charge on any atom is 0.394 e. The monoisotopic (exact) mass is 248 g/mol. The molecule has 1 unspecified atom stereocenters. The minimum absolute atomic E-state index is 0.169. The van der Waals surface area contributed by atoms with E-state index in [4.69, 9.17) is 0 Å². The van der Waals surface area contributed by atoms with Crippen LogP contribution in [-0.2, 0) is 0 Å². The zero-order valence-corrected chi connectivity index (χ0v) is 7.74. The Morgan fingerprint density at radius 3 is 2.00 bits per heavy atom. The van der Waals surface area contributed by atoms with E-state index in [-0.39, 0.29) is 6.08 Å². The predicted octanol–water partition coefficient (Wildman–Crippen LogP) is 3.95. The topological polar surface area (TPSA) is 0 Å². The molecule has 0 saturated carbocycles. The first-order chi connectivity index (χ1) is 7.05. The molecule has 92 valence electrons. The van der Waals surface area contributed by atoms with E-state index in [1.165, 1.54) is 0 Å². The summed E-state index contributed by atoms with van der Waals surface area (Å²) in [5.41, 5.74) is 0. The molecule has 0 aromatic heterocycles. The maximum atomic E-state index is 13.0. The van der Waals surface area contributed by atoms with Crippen molar-refractivity contribution < 1.29 is 30.7 Å². The summed E-state index contributed by atoms with van der Waals surface area (Å²) < 4.78 is 87.3. The largest absolute Gasteiger partial charge is 0.394 e. The Morgan fingerprint density at radius 1 is 1.00 bits per heavy atom. The van der Waals surface area contributed by atoms with Gasteiger partial charge in [0.05, 0.1) is 0 Å². The second-order valence-electron chi connectivity index (χ2n) is 3.45. The first-order valence-corrected chi connectivity index (χ1v) is 4.23. The lowest BCUT2D eigenvalue weighted by atomic mass is 9.88. The number of hydrogen-bond donors (Lipinski definition) is 0. The van der Waals surface area contributed by atoms with Crippen molar-refractivity contribution in [1.82, 2.24) is 0 Å². The zero-order valence-electron chi connectivity index (χ0n) is 7.74. The summed E-state index contributed by atoms with van der Waals surface area (Å²) in [5, 5.41) is 0. The van der Waals surface area contributed by atoms with Gasteiger partial charge < -0.3 is 0 Å². The summed E-state index contributed by atoms with van der Waals surface area (Å²) in [5.74, 6) is -11.3. The molecule has 0 bridgehead atoms. The van der Waals surface area contributed by atoms with Crippen molar-refractivity contribution in [3.8, 4) is 0 Å². The SMILES string of the molecule is FC(F)(F)CC(F)(F)C1C=CC=CC1(F)F. The highest BCUT2D eigenvalue weighted by Gasteiger charge is 2.56. The van der Waals surface area contributed by atoms with Crippen molar-refractivity contribution in [2.75, 3.05) is 0 Å². The smallest absolute Gasteiger partial charge is 0.206 e. The molecule has 0 radical (unpaired) electrons. The van der Waals surface area contributed by atoms with Gasteiger partial charge in [-0.05, 0) is 6.08 Å². The van der Waals surface area contributed by atoms with Crippen molar-refractivity contribution in [2.45, 2.75) is 24.4 Å². The molecule has 1 atom stereocenters. The molecule has 1 rings (SSSR count). The summed E-state index contributed by atoms with van der Waals surface area (Å²) >= 11 is 0. The molecule has 0 fully saturated rings. The molecule has 0 nitrogen and oxygen atoms in total. The summed E-state index contributed by atoms with van der Waals surface area (Å²) in [4.78, 5) is 0. The van der Waals surface area contributed by atoms with Crippen molar-refractivity contribution in [3.05, 3.63) is 24.3 Å². The average Bonchev–Trinajstić information content (AvgIpc) is 1.97.